The zero-order chi connectivity index (χ0) is 11.3. The van der Waals surface area contributed by atoms with Crippen molar-refractivity contribution in [3.8, 4) is 0 Å². The lowest BCUT2D eigenvalue weighted by Crippen LogP contribution is -2.41. The second kappa shape index (κ2) is 5.97. The van der Waals surface area contributed by atoms with Crippen molar-refractivity contribution in [3.05, 3.63) is 0 Å². The fourth-order valence-corrected chi connectivity index (χ4v) is 1.39. The van der Waals surface area contributed by atoms with Crippen molar-refractivity contribution >= 4 is 5.91 Å². The quantitative estimate of drug-likeness (QED) is 0.713. The number of halogens is 2. The first kappa shape index (κ1) is 12.3. The number of carbonyl (C=O) groups excluding carboxylic acids is 1. The maximum atomic E-state index is 11.9. The zero-order valence-corrected chi connectivity index (χ0v) is 8.29. The molecule has 1 saturated heterocycles. The zero-order valence-electron chi connectivity index (χ0n) is 8.29. The number of hydrogen-bond acceptors (Lipinski definition) is 3. The van der Waals surface area contributed by atoms with Crippen LogP contribution in [0.15, 0.2) is 0 Å². The largest absolute Gasteiger partial charge is 0.385 e. The molecule has 1 amide bonds. The van der Waals surface area contributed by atoms with Gasteiger partial charge >= 0.3 is 0 Å². The van der Waals surface area contributed by atoms with Gasteiger partial charge in [-0.2, -0.15) is 0 Å². The third kappa shape index (κ3) is 4.09. The Hall–Kier alpha value is -0.750. The van der Waals surface area contributed by atoms with E-state index in [0.29, 0.717) is 19.6 Å². The van der Waals surface area contributed by atoms with Crippen LogP contribution in [0.1, 0.15) is 12.8 Å². The Morgan fingerprint density at radius 2 is 2.33 bits per heavy atom. The summed E-state index contributed by atoms with van der Waals surface area (Å²) in [5, 5.41) is 11.1. The third-order valence-corrected chi connectivity index (χ3v) is 2.31. The van der Waals surface area contributed by atoms with Crippen LogP contribution in [0, 0.1) is 5.92 Å². The van der Waals surface area contributed by atoms with Crippen LogP contribution in [0.3, 0.4) is 0 Å². The van der Waals surface area contributed by atoms with E-state index >= 15 is 0 Å². The summed E-state index contributed by atoms with van der Waals surface area (Å²) in [5.41, 5.74) is 0. The van der Waals surface area contributed by atoms with Gasteiger partial charge in [0.15, 0.2) is 0 Å². The molecule has 88 valence electrons. The molecule has 0 spiro atoms. The number of carbonyl (C=O) groups is 1. The van der Waals surface area contributed by atoms with E-state index in [1.807, 2.05) is 0 Å². The average molecular weight is 223 g/mol. The first-order chi connectivity index (χ1) is 7.11. The number of rotatable bonds is 4. The molecule has 1 rings (SSSR count). The van der Waals surface area contributed by atoms with Gasteiger partial charge in [0.1, 0.15) is 6.10 Å². The summed E-state index contributed by atoms with van der Waals surface area (Å²) in [5.74, 6) is -0.599. The minimum Gasteiger partial charge on any atom is -0.385 e. The van der Waals surface area contributed by atoms with Gasteiger partial charge in [-0.25, -0.2) is 8.78 Å². The van der Waals surface area contributed by atoms with E-state index in [9.17, 15) is 13.6 Å². The van der Waals surface area contributed by atoms with Crippen LogP contribution in [0.5, 0.6) is 0 Å². The molecule has 1 heterocycles. The minimum absolute atomic E-state index is 0.274. The van der Waals surface area contributed by atoms with Crippen molar-refractivity contribution in [2.75, 3.05) is 19.8 Å². The van der Waals surface area contributed by atoms with Crippen LogP contribution in [0.25, 0.3) is 0 Å². The molecule has 0 radical (unpaired) electrons. The van der Waals surface area contributed by atoms with Crippen LogP contribution in [-0.2, 0) is 9.53 Å². The van der Waals surface area contributed by atoms with E-state index in [-0.39, 0.29) is 11.8 Å². The Balaban J connectivity index is 2.22. The first-order valence-corrected chi connectivity index (χ1v) is 4.93. The fourth-order valence-electron chi connectivity index (χ4n) is 1.39. The van der Waals surface area contributed by atoms with Gasteiger partial charge in [0, 0.05) is 13.2 Å². The second-order valence-corrected chi connectivity index (χ2v) is 3.56. The summed E-state index contributed by atoms with van der Waals surface area (Å²) in [6.07, 6.45) is -3.11. The monoisotopic (exact) mass is 223 g/mol. The van der Waals surface area contributed by atoms with Crippen molar-refractivity contribution in [3.63, 3.8) is 0 Å². The highest BCUT2D eigenvalue weighted by molar-refractivity contribution is 5.78. The van der Waals surface area contributed by atoms with Gasteiger partial charge in [-0.3, -0.25) is 4.79 Å². The SMILES string of the molecule is O=C(NCC(O)C(F)F)C1CCCOC1. The summed E-state index contributed by atoms with van der Waals surface area (Å²) in [7, 11) is 0. The molecule has 2 unspecified atom stereocenters. The molecule has 0 bridgehead atoms. The van der Waals surface area contributed by atoms with E-state index in [0.717, 1.165) is 6.42 Å². The molecule has 2 atom stereocenters. The molecule has 1 aliphatic heterocycles. The number of amides is 1. The van der Waals surface area contributed by atoms with Gasteiger partial charge in [-0.15, -0.1) is 0 Å². The molecule has 2 N–H and O–H groups in total. The molecular formula is C9H15F2NO3. The molecule has 0 aromatic carbocycles. The van der Waals surface area contributed by atoms with E-state index in [1.54, 1.807) is 0 Å². The lowest BCUT2D eigenvalue weighted by Gasteiger charge is -2.21. The summed E-state index contributed by atoms with van der Waals surface area (Å²) < 4.78 is 28.9. The molecule has 0 aromatic rings. The highest BCUT2D eigenvalue weighted by Crippen LogP contribution is 2.13. The van der Waals surface area contributed by atoms with Crippen LogP contribution >= 0.6 is 0 Å². The predicted octanol–water partition coefficient (Wildman–Crippen LogP) is 0.155. The predicted molar refractivity (Wildman–Crippen MR) is 48.6 cm³/mol. The Labute approximate surface area is 86.6 Å². The molecule has 15 heavy (non-hydrogen) atoms. The van der Waals surface area contributed by atoms with Gasteiger partial charge < -0.3 is 15.2 Å². The van der Waals surface area contributed by atoms with Crippen LogP contribution in [0.4, 0.5) is 8.78 Å². The molecule has 0 aromatic heterocycles. The lowest BCUT2D eigenvalue weighted by molar-refractivity contribution is -0.129. The molecular weight excluding hydrogens is 208 g/mol. The number of nitrogens with one attached hydrogen (secondary N) is 1. The fraction of sp³-hybridized carbons (Fsp3) is 0.889. The van der Waals surface area contributed by atoms with Gasteiger partial charge in [0.05, 0.1) is 12.5 Å². The molecule has 1 aliphatic rings. The highest BCUT2D eigenvalue weighted by Gasteiger charge is 2.23. The Kier molecular flexibility index (Phi) is 4.90. The maximum absolute atomic E-state index is 11.9. The van der Waals surface area contributed by atoms with Gasteiger partial charge in [0.25, 0.3) is 6.43 Å². The van der Waals surface area contributed by atoms with Crippen molar-refractivity contribution < 1.29 is 23.4 Å². The summed E-state index contributed by atoms with van der Waals surface area (Å²) in [4.78, 5) is 11.4. The van der Waals surface area contributed by atoms with E-state index < -0.39 is 19.1 Å². The second-order valence-electron chi connectivity index (χ2n) is 3.56. The maximum Gasteiger partial charge on any atom is 0.265 e. The molecule has 0 saturated carbocycles. The smallest absolute Gasteiger partial charge is 0.265 e. The molecule has 4 nitrogen and oxygen atoms in total. The van der Waals surface area contributed by atoms with Crippen molar-refractivity contribution in [2.45, 2.75) is 25.4 Å². The number of hydrogen-bond donors (Lipinski definition) is 2. The van der Waals surface area contributed by atoms with E-state index in [4.69, 9.17) is 9.84 Å². The number of ether oxygens (including phenoxy) is 1. The van der Waals surface area contributed by atoms with Crippen molar-refractivity contribution in [2.24, 2.45) is 5.92 Å². The number of aliphatic hydroxyl groups is 1. The third-order valence-electron chi connectivity index (χ3n) is 2.31. The van der Waals surface area contributed by atoms with Crippen molar-refractivity contribution in [1.82, 2.24) is 5.32 Å². The van der Waals surface area contributed by atoms with E-state index in [2.05, 4.69) is 5.32 Å². The summed E-state index contributed by atoms with van der Waals surface area (Å²) >= 11 is 0. The molecule has 1 fully saturated rings. The first-order valence-electron chi connectivity index (χ1n) is 4.93. The van der Waals surface area contributed by atoms with Gasteiger partial charge in [-0.05, 0) is 12.8 Å². The van der Waals surface area contributed by atoms with E-state index in [1.165, 1.54) is 0 Å². The van der Waals surface area contributed by atoms with Gasteiger partial charge in [-0.1, -0.05) is 0 Å². The van der Waals surface area contributed by atoms with Crippen molar-refractivity contribution in [1.29, 1.82) is 0 Å². The Morgan fingerprint density at radius 1 is 1.60 bits per heavy atom. The summed E-state index contributed by atoms with van der Waals surface area (Å²) in [6, 6.07) is 0. The van der Waals surface area contributed by atoms with Crippen LogP contribution in [0.2, 0.25) is 0 Å². The van der Waals surface area contributed by atoms with Crippen LogP contribution in [-0.4, -0.2) is 43.3 Å². The summed E-state index contributed by atoms with van der Waals surface area (Å²) in [6.45, 7) is 0.563. The average Bonchev–Trinajstić information content (AvgIpc) is 2.26. The van der Waals surface area contributed by atoms with Crippen LogP contribution < -0.4 is 5.32 Å². The molecule has 6 heteroatoms. The lowest BCUT2D eigenvalue weighted by atomic mass is 10.0. The highest BCUT2D eigenvalue weighted by atomic mass is 19.3. The number of aliphatic hydroxyl groups excluding tert-OH is 1. The van der Waals surface area contributed by atoms with Gasteiger partial charge in [0.2, 0.25) is 5.91 Å². The normalized spacial score (nSPS) is 23.9. The minimum atomic E-state index is -2.83. The molecule has 0 aliphatic carbocycles. The number of alkyl halides is 2. The standard InChI is InChI=1S/C9H15F2NO3/c10-8(11)7(13)4-12-9(14)6-2-1-3-15-5-6/h6-8,13H,1-5H2,(H,12,14). The Morgan fingerprint density at radius 3 is 2.87 bits per heavy atom. The topological polar surface area (TPSA) is 58.6 Å². The Bertz CT molecular complexity index is 208.